The zero-order chi connectivity index (χ0) is 16.1. The zero-order valence-corrected chi connectivity index (χ0v) is 13.4. The van der Waals surface area contributed by atoms with Crippen LogP contribution >= 0.6 is 0 Å². The van der Waals surface area contributed by atoms with Gasteiger partial charge in [-0.1, -0.05) is 12.5 Å². The van der Waals surface area contributed by atoms with Gasteiger partial charge < -0.3 is 9.47 Å². The van der Waals surface area contributed by atoms with Gasteiger partial charge in [0.05, 0.1) is 17.9 Å². The van der Waals surface area contributed by atoms with Gasteiger partial charge in [-0.15, -0.1) is 5.11 Å². The summed E-state index contributed by atoms with van der Waals surface area (Å²) in [5.41, 5.74) is 9.03. The van der Waals surface area contributed by atoms with Crippen LogP contribution in [0.5, 0.6) is 0 Å². The Morgan fingerprint density at radius 1 is 1.35 bits per heavy atom. The summed E-state index contributed by atoms with van der Waals surface area (Å²) in [7, 11) is 1.88. The Kier molecular flexibility index (Phi) is 4.90. The molecule has 122 valence electrons. The zero-order valence-electron chi connectivity index (χ0n) is 13.4. The Balaban J connectivity index is 1.79. The van der Waals surface area contributed by atoms with Crippen LogP contribution in [0.2, 0.25) is 0 Å². The molecule has 6 heteroatoms. The fourth-order valence-electron chi connectivity index (χ4n) is 2.92. The Hall–Kier alpha value is -2.37. The van der Waals surface area contributed by atoms with Crippen LogP contribution < -0.4 is 0 Å². The molecule has 0 bridgehead atoms. The van der Waals surface area contributed by atoms with Crippen molar-refractivity contribution in [3.8, 4) is 0 Å². The lowest BCUT2D eigenvalue weighted by Crippen LogP contribution is -2.18. The highest BCUT2D eigenvalue weighted by Gasteiger charge is 2.22. The van der Waals surface area contributed by atoms with Gasteiger partial charge in [0.2, 0.25) is 5.88 Å². The summed E-state index contributed by atoms with van der Waals surface area (Å²) in [6.07, 6.45) is 15.6. The summed E-state index contributed by atoms with van der Waals surface area (Å²) in [4.78, 5) is 0. The molecule has 0 spiro atoms. The van der Waals surface area contributed by atoms with Gasteiger partial charge in [-0.3, -0.25) is 4.68 Å². The number of allylic oxidation sites excluding steroid dienone is 1. The third-order valence-corrected chi connectivity index (χ3v) is 4.10. The predicted molar refractivity (Wildman–Crippen MR) is 86.4 cm³/mol. The second kappa shape index (κ2) is 7.26. The molecule has 1 saturated carbocycles. The Labute approximate surface area is 136 Å². The normalized spacial score (nSPS) is 19.6. The molecule has 23 heavy (non-hydrogen) atoms. The first-order valence-corrected chi connectivity index (χ1v) is 8.04. The molecule has 2 aliphatic rings. The van der Waals surface area contributed by atoms with Crippen LogP contribution in [0.3, 0.4) is 0 Å². The lowest BCUT2D eigenvalue weighted by atomic mass is 9.97. The summed E-state index contributed by atoms with van der Waals surface area (Å²) in [5.74, 6) is 1.08. The van der Waals surface area contributed by atoms with Crippen LogP contribution in [0.25, 0.3) is 6.08 Å². The highest BCUT2D eigenvalue weighted by molar-refractivity contribution is 5.55. The van der Waals surface area contributed by atoms with E-state index in [4.69, 9.17) is 15.0 Å². The van der Waals surface area contributed by atoms with Gasteiger partial charge in [0, 0.05) is 18.8 Å². The van der Waals surface area contributed by atoms with Crippen molar-refractivity contribution in [2.75, 3.05) is 6.61 Å². The van der Waals surface area contributed by atoms with Crippen molar-refractivity contribution < 1.29 is 9.47 Å². The summed E-state index contributed by atoms with van der Waals surface area (Å²) in [5, 5.41) is 7.65. The van der Waals surface area contributed by atoms with E-state index < -0.39 is 0 Å². The van der Waals surface area contributed by atoms with E-state index in [0.29, 0.717) is 12.5 Å². The van der Waals surface area contributed by atoms with E-state index in [9.17, 15) is 0 Å². The van der Waals surface area contributed by atoms with Gasteiger partial charge in [-0.05, 0) is 37.8 Å². The van der Waals surface area contributed by atoms with Crippen molar-refractivity contribution in [3.63, 3.8) is 0 Å². The third kappa shape index (κ3) is 3.88. The molecule has 0 saturated heterocycles. The average Bonchev–Trinajstić information content (AvgIpc) is 3.00. The fourth-order valence-corrected chi connectivity index (χ4v) is 2.92. The number of ether oxygens (including phenoxy) is 2. The molecule has 0 radical (unpaired) electrons. The number of aryl methyl sites for hydroxylation is 1. The quantitative estimate of drug-likeness (QED) is 0.837. The van der Waals surface area contributed by atoms with Crippen molar-refractivity contribution in [2.45, 2.75) is 38.2 Å². The standard InChI is InChI=1S/C17H22N4O2/c1-21-12-13(11-19-21)7-8-15-16(9-10-22-17(15)20-18)23-14-5-3-2-4-6-14/h7-9,11-12,14,18H,2-6,10H2,1H3. The third-order valence-electron chi connectivity index (χ3n) is 4.10. The van der Waals surface area contributed by atoms with E-state index in [1.807, 2.05) is 31.5 Å². The van der Waals surface area contributed by atoms with Gasteiger partial charge in [-0.2, -0.15) is 5.10 Å². The molecule has 1 fully saturated rings. The molecule has 0 amide bonds. The maximum Gasteiger partial charge on any atom is 0.244 e. The van der Waals surface area contributed by atoms with E-state index in [0.717, 1.165) is 29.7 Å². The maximum atomic E-state index is 7.33. The Bertz CT molecular complexity index is 651. The van der Waals surface area contributed by atoms with Crippen LogP contribution in [-0.4, -0.2) is 22.5 Å². The van der Waals surface area contributed by atoms with Gasteiger partial charge in [0.15, 0.2) is 0 Å². The Morgan fingerprint density at radius 3 is 2.87 bits per heavy atom. The first-order chi connectivity index (χ1) is 11.3. The molecule has 1 N–H and O–H groups in total. The molecule has 1 aliphatic heterocycles. The van der Waals surface area contributed by atoms with Gasteiger partial charge in [0.1, 0.15) is 12.4 Å². The molecule has 1 aromatic heterocycles. The minimum Gasteiger partial charge on any atom is -0.490 e. The molecule has 0 unspecified atom stereocenters. The SMILES string of the molecule is Cn1cc(C=CC2=C(N=N)OCC=C2OC2CCCCC2)cn1. The van der Waals surface area contributed by atoms with Crippen molar-refractivity contribution in [2.24, 2.45) is 12.2 Å². The van der Waals surface area contributed by atoms with E-state index in [1.54, 1.807) is 10.9 Å². The molecule has 2 heterocycles. The van der Waals surface area contributed by atoms with Crippen LogP contribution in [-0.2, 0) is 16.5 Å². The lowest BCUT2D eigenvalue weighted by Gasteiger charge is -2.26. The van der Waals surface area contributed by atoms with Crippen molar-refractivity contribution in [3.05, 3.63) is 47.3 Å². The van der Waals surface area contributed by atoms with Gasteiger partial charge in [0.25, 0.3) is 0 Å². The highest BCUT2D eigenvalue weighted by atomic mass is 16.5. The van der Waals surface area contributed by atoms with Crippen LogP contribution in [0.4, 0.5) is 0 Å². The van der Waals surface area contributed by atoms with Crippen LogP contribution in [0, 0.1) is 5.53 Å². The number of hydrogen-bond donors (Lipinski definition) is 1. The van der Waals surface area contributed by atoms with Crippen molar-refractivity contribution in [1.82, 2.24) is 9.78 Å². The number of nitrogens with zero attached hydrogens (tertiary/aromatic N) is 3. The largest absolute Gasteiger partial charge is 0.490 e. The molecule has 0 atom stereocenters. The summed E-state index contributed by atoms with van der Waals surface area (Å²) >= 11 is 0. The maximum absolute atomic E-state index is 7.33. The van der Waals surface area contributed by atoms with E-state index in [2.05, 4.69) is 10.2 Å². The average molecular weight is 314 g/mol. The first-order valence-electron chi connectivity index (χ1n) is 8.04. The van der Waals surface area contributed by atoms with Crippen molar-refractivity contribution in [1.29, 1.82) is 5.53 Å². The molecule has 3 rings (SSSR count). The number of aromatic nitrogens is 2. The molecule has 0 aromatic carbocycles. The second-order valence-corrected chi connectivity index (χ2v) is 5.87. The van der Waals surface area contributed by atoms with E-state index in [-0.39, 0.29) is 6.10 Å². The topological polar surface area (TPSA) is 72.5 Å². The monoisotopic (exact) mass is 314 g/mol. The fraction of sp³-hybridized carbons (Fsp3) is 0.471. The smallest absolute Gasteiger partial charge is 0.244 e. The molecular formula is C17H22N4O2. The Morgan fingerprint density at radius 2 is 2.17 bits per heavy atom. The molecule has 1 aliphatic carbocycles. The van der Waals surface area contributed by atoms with Gasteiger partial charge >= 0.3 is 0 Å². The minimum absolute atomic E-state index is 0.252. The van der Waals surface area contributed by atoms with E-state index in [1.165, 1.54) is 19.3 Å². The molecular weight excluding hydrogens is 292 g/mol. The van der Waals surface area contributed by atoms with Gasteiger partial charge in [-0.25, -0.2) is 5.53 Å². The number of rotatable bonds is 5. The number of nitrogens with one attached hydrogen (secondary N) is 1. The van der Waals surface area contributed by atoms with Crippen LogP contribution in [0.1, 0.15) is 37.7 Å². The minimum atomic E-state index is 0.252. The summed E-state index contributed by atoms with van der Waals surface area (Å²) < 4.78 is 13.4. The predicted octanol–water partition coefficient (Wildman–Crippen LogP) is 3.94. The second-order valence-electron chi connectivity index (χ2n) is 5.87. The molecule has 6 nitrogen and oxygen atoms in total. The lowest BCUT2D eigenvalue weighted by molar-refractivity contribution is 0.0804. The summed E-state index contributed by atoms with van der Waals surface area (Å²) in [6.45, 7) is 0.393. The van der Waals surface area contributed by atoms with E-state index >= 15 is 0 Å². The first kappa shape index (κ1) is 15.5. The summed E-state index contributed by atoms with van der Waals surface area (Å²) in [6, 6.07) is 0. The molecule has 1 aromatic rings. The number of hydrogen-bond acceptors (Lipinski definition) is 5. The van der Waals surface area contributed by atoms with Crippen LogP contribution in [0.15, 0.2) is 46.9 Å². The van der Waals surface area contributed by atoms with Crippen molar-refractivity contribution >= 4 is 6.08 Å². The highest BCUT2D eigenvalue weighted by Crippen LogP contribution is 2.29.